The Morgan fingerprint density at radius 2 is 2.20 bits per heavy atom. The van der Waals surface area contributed by atoms with Crippen LogP contribution >= 0.6 is 0 Å². The Morgan fingerprint density at radius 1 is 1.47 bits per heavy atom. The van der Waals surface area contributed by atoms with Crippen LogP contribution in [-0.2, 0) is 4.79 Å². The van der Waals surface area contributed by atoms with Crippen LogP contribution < -0.4 is 5.32 Å². The minimum atomic E-state index is -0.215. The average Bonchev–Trinajstić information content (AvgIpc) is 2.68. The zero-order valence-electron chi connectivity index (χ0n) is 10.1. The van der Waals surface area contributed by atoms with Gasteiger partial charge in [-0.3, -0.25) is 4.79 Å². The Kier molecular flexibility index (Phi) is 4.52. The molecule has 0 bridgehead atoms. The van der Waals surface area contributed by atoms with Crippen LogP contribution in [0.15, 0.2) is 12.2 Å². The van der Waals surface area contributed by atoms with Crippen LogP contribution in [0.4, 0.5) is 0 Å². The first kappa shape index (κ1) is 12.4. The third-order valence-corrected chi connectivity index (χ3v) is 3.36. The predicted molar refractivity (Wildman–Crippen MR) is 63.9 cm³/mol. The molecule has 0 radical (unpaired) electrons. The maximum atomic E-state index is 12.2. The third kappa shape index (κ3) is 2.91. The average molecular weight is 209 g/mol. The summed E-state index contributed by atoms with van der Waals surface area (Å²) in [7, 11) is 0. The van der Waals surface area contributed by atoms with E-state index in [0.29, 0.717) is 12.2 Å². The van der Waals surface area contributed by atoms with E-state index in [4.69, 9.17) is 0 Å². The van der Waals surface area contributed by atoms with Gasteiger partial charge in [-0.25, -0.2) is 0 Å². The molecule has 0 saturated carbocycles. The fourth-order valence-corrected chi connectivity index (χ4v) is 2.35. The number of carbonyl (C=O) groups is 1. The van der Waals surface area contributed by atoms with Crippen molar-refractivity contribution in [2.24, 2.45) is 0 Å². The Morgan fingerprint density at radius 3 is 2.67 bits per heavy atom. The van der Waals surface area contributed by atoms with Gasteiger partial charge in [-0.05, 0) is 32.2 Å². The van der Waals surface area contributed by atoms with Gasteiger partial charge in [-0.15, -0.1) is 0 Å². The summed E-state index contributed by atoms with van der Waals surface area (Å²) in [5, 5.41) is 3.41. The van der Waals surface area contributed by atoms with Crippen molar-refractivity contribution < 1.29 is 4.79 Å². The predicted octanol–water partition coefficient (Wildman–Crippen LogP) is 2.83. The van der Waals surface area contributed by atoms with Gasteiger partial charge in [-0.2, -0.15) is 0 Å². The van der Waals surface area contributed by atoms with Gasteiger partial charge in [-0.1, -0.05) is 32.4 Å². The molecule has 1 heterocycles. The first-order valence-corrected chi connectivity index (χ1v) is 6.09. The Labute approximate surface area is 93.1 Å². The van der Waals surface area contributed by atoms with E-state index in [1.807, 2.05) is 0 Å². The molecule has 1 aliphatic rings. The summed E-state index contributed by atoms with van der Waals surface area (Å²) in [6.07, 6.45) is 5.65. The molecule has 0 spiro atoms. The standard InChI is InChI=1S/C13H23NO/c1-4-7-13(8-6-9-14-13)12(15)10-11(3)5-2/h14H,3-10H2,1-2H3. The fraction of sp³-hybridized carbons (Fsp3) is 0.769. The normalized spacial score (nSPS) is 25.5. The molecule has 1 rings (SSSR count). The maximum Gasteiger partial charge on any atom is 0.156 e. The van der Waals surface area contributed by atoms with Crippen molar-refractivity contribution in [3.63, 3.8) is 0 Å². The van der Waals surface area contributed by atoms with Crippen LogP contribution in [0.3, 0.4) is 0 Å². The Hall–Kier alpha value is -0.630. The van der Waals surface area contributed by atoms with E-state index in [1.54, 1.807) is 0 Å². The lowest BCUT2D eigenvalue weighted by atomic mass is 9.84. The summed E-state index contributed by atoms with van der Waals surface area (Å²) in [4.78, 5) is 12.2. The van der Waals surface area contributed by atoms with Crippen molar-refractivity contribution in [1.29, 1.82) is 0 Å². The molecular formula is C13H23NO. The minimum absolute atomic E-state index is 0.215. The molecule has 1 N–H and O–H groups in total. The highest BCUT2D eigenvalue weighted by Crippen LogP contribution is 2.28. The summed E-state index contributed by atoms with van der Waals surface area (Å²) >= 11 is 0. The molecule has 1 aliphatic heterocycles. The number of hydrogen-bond acceptors (Lipinski definition) is 2. The summed E-state index contributed by atoms with van der Waals surface area (Å²) < 4.78 is 0. The van der Waals surface area contributed by atoms with Crippen molar-refractivity contribution in [1.82, 2.24) is 5.32 Å². The Bertz CT molecular complexity index is 239. The van der Waals surface area contributed by atoms with Crippen LogP contribution in [0, 0.1) is 0 Å². The highest BCUT2D eigenvalue weighted by Gasteiger charge is 2.38. The molecule has 2 nitrogen and oxygen atoms in total. The van der Waals surface area contributed by atoms with Crippen LogP contribution in [-0.4, -0.2) is 17.9 Å². The van der Waals surface area contributed by atoms with Gasteiger partial charge in [0.15, 0.2) is 5.78 Å². The minimum Gasteiger partial charge on any atom is -0.305 e. The van der Waals surface area contributed by atoms with E-state index >= 15 is 0 Å². The van der Waals surface area contributed by atoms with Crippen molar-refractivity contribution in [2.75, 3.05) is 6.54 Å². The van der Waals surface area contributed by atoms with Crippen LogP contribution in [0.5, 0.6) is 0 Å². The second-order valence-corrected chi connectivity index (χ2v) is 4.57. The number of hydrogen-bond donors (Lipinski definition) is 1. The molecule has 0 aliphatic carbocycles. The largest absolute Gasteiger partial charge is 0.305 e. The van der Waals surface area contributed by atoms with E-state index in [1.165, 1.54) is 0 Å². The second kappa shape index (κ2) is 5.45. The first-order chi connectivity index (χ1) is 7.14. The molecule has 1 saturated heterocycles. The zero-order chi connectivity index (χ0) is 11.3. The lowest BCUT2D eigenvalue weighted by Gasteiger charge is -2.28. The second-order valence-electron chi connectivity index (χ2n) is 4.57. The van der Waals surface area contributed by atoms with Crippen LogP contribution in [0.1, 0.15) is 52.4 Å². The number of nitrogens with one attached hydrogen (secondary N) is 1. The van der Waals surface area contributed by atoms with Crippen molar-refractivity contribution >= 4 is 5.78 Å². The van der Waals surface area contributed by atoms with E-state index in [-0.39, 0.29) is 5.54 Å². The molecule has 1 fully saturated rings. The van der Waals surface area contributed by atoms with Gasteiger partial charge >= 0.3 is 0 Å². The first-order valence-electron chi connectivity index (χ1n) is 6.09. The molecule has 0 aromatic rings. The number of ketones is 1. The molecule has 15 heavy (non-hydrogen) atoms. The van der Waals surface area contributed by atoms with E-state index in [0.717, 1.165) is 44.2 Å². The van der Waals surface area contributed by atoms with E-state index in [9.17, 15) is 4.79 Å². The monoisotopic (exact) mass is 209 g/mol. The highest BCUT2D eigenvalue weighted by atomic mass is 16.1. The summed E-state index contributed by atoms with van der Waals surface area (Å²) in [5.41, 5.74) is 0.844. The van der Waals surface area contributed by atoms with E-state index < -0.39 is 0 Å². The molecule has 86 valence electrons. The number of allylic oxidation sites excluding steroid dienone is 1. The SMILES string of the molecule is C=C(CC)CC(=O)C1(CCC)CCCN1. The molecule has 1 atom stereocenters. The molecule has 0 aromatic carbocycles. The van der Waals surface area contributed by atoms with Gasteiger partial charge in [0, 0.05) is 6.42 Å². The van der Waals surface area contributed by atoms with Gasteiger partial charge in [0.2, 0.25) is 0 Å². The van der Waals surface area contributed by atoms with Crippen molar-refractivity contribution in [3.8, 4) is 0 Å². The molecule has 0 aromatic heterocycles. The van der Waals surface area contributed by atoms with E-state index in [2.05, 4.69) is 25.7 Å². The van der Waals surface area contributed by atoms with Crippen molar-refractivity contribution in [2.45, 2.75) is 57.9 Å². The number of rotatable bonds is 6. The lowest BCUT2D eigenvalue weighted by molar-refractivity contribution is -0.124. The smallest absolute Gasteiger partial charge is 0.156 e. The quantitative estimate of drug-likeness (QED) is 0.682. The summed E-state index contributed by atoms with van der Waals surface area (Å²) in [6.45, 7) is 9.12. The molecule has 2 heteroatoms. The van der Waals surface area contributed by atoms with Gasteiger partial charge in [0.25, 0.3) is 0 Å². The zero-order valence-corrected chi connectivity index (χ0v) is 10.1. The number of Topliss-reactive ketones (excluding diaryl/α,β-unsaturated/α-hetero) is 1. The topological polar surface area (TPSA) is 29.1 Å². The maximum absolute atomic E-state index is 12.2. The van der Waals surface area contributed by atoms with Gasteiger partial charge < -0.3 is 5.32 Å². The third-order valence-electron chi connectivity index (χ3n) is 3.36. The van der Waals surface area contributed by atoms with Gasteiger partial charge in [0.1, 0.15) is 0 Å². The molecular weight excluding hydrogens is 186 g/mol. The molecule has 1 unspecified atom stereocenters. The summed E-state index contributed by atoms with van der Waals surface area (Å²) in [5.74, 6) is 0.355. The molecule has 0 amide bonds. The highest BCUT2D eigenvalue weighted by molar-refractivity contribution is 5.90. The number of carbonyl (C=O) groups excluding carboxylic acids is 1. The van der Waals surface area contributed by atoms with Crippen LogP contribution in [0.2, 0.25) is 0 Å². The van der Waals surface area contributed by atoms with Crippen LogP contribution in [0.25, 0.3) is 0 Å². The fourth-order valence-electron chi connectivity index (χ4n) is 2.35. The lowest BCUT2D eigenvalue weighted by Crippen LogP contribution is -2.47. The Balaban J connectivity index is 2.63. The summed E-state index contributed by atoms with van der Waals surface area (Å²) in [6, 6.07) is 0. The van der Waals surface area contributed by atoms with Gasteiger partial charge in [0.05, 0.1) is 5.54 Å². The van der Waals surface area contributed by atoms with Crippen molar-refractivity contribution in [3.05, 3.63) is 12.2 Å².